The van der Waals surface area contributed by atoms with Gasteiger partial charge in [-0.2, -0.15) is 0 Å². The minimum absolute atomic E-state index is 0.0239. The van der Waals surface area contributed by atoms with E-state index >= 15 is 0 Å². The first-order valence-corrected chi connectivity index (χ1v) is 7.50. The summed E-state index contributed by atoms with van der Waals surface area (Å²) in [6, 6.07) is 12.2. The number of hydrogen-bond acceptors (Lipinski definition) is 4. The van der Waals surface area contributed by atoms with E-state index in [0.29, 0.717) is 0 Å². The molecule has 0 aliphatic rings. The van der Waals surface area contributed by atoms with E-state index in [2.05, 4.69) is 49.9 Å². The van der Waals surface area contributed by atoms with Gasteiger partial charge in [0.25, 0.3) is 0 Å². The lowest BCUT2D eigenvalue weighted by molar-refractivity contribution is 0.650. The van der Waals surface area contributed by atoms with E-state index < -0.39 is 0 Å². The maximum atomic E-state index is 5.76. The van der Waals surface area contributed by atoms with E-state index in [9.17, 15) is 0 Å². The third-order valence-electron chi connectivity index (χ3n) is 3.03. The summed E-state index contributed by atoms with van der Waals surface area (Å²) >= 11 is 5.16. The Morgan fingerprint density at radius 2 is 2.16 bits per heavy atom. The number of pyridine rings is 1. The molecule has 19 heavy (non-hydrogen) atoms. The molecule has 0 spiro atoms. The lowest BCUT2D eigenvalue weighted by Crippen LogP contribution is -2.28. The van der Waals surface area contributed by atoms with Gasteiger partial charge in [-0.25, -0.2) is 5.43 Å². The molecule has 3 N–H and O–H groups in total. The summed E-state index contributed by atoms with van der Waals surface area (Å²) in [5.41, 5.74) is 5.03. The van der Waals surface area contributed by atoms with Gasteiger partial charge in [0.2, 0.25) is 0 Å². The van der Waals surface area contributed by atoms with Gasteiger partial charge in [0, 0.05) is 26.3 Å². The van der Waals surface area contributed by atoms with Gasteiger partial charge in [0.05, 0.1) is 11.6 Å². The molecule has 5 heteroatoms. The Balaban J connectivity index is 2.16. The molecule has 3 aromatic rings. The summed E-state index contributed by atoms with van der Waals surface area (Å²) in [4.78, 5) is 5.55. The van der Waals surface area contributed by atoms with Crippen LogP contribution in [0.5, 0.6) is 0 Å². The Labute approximate surface area is 123 Å². The molecule has 0 saturated heterocycles. The van der Waals surface area contributed by atoms with Crippen molar-refractivity contribution in [1.82, 2.24) is 10.4 Å². The van der Waals surface area contributed by atoms with Crippen LogP contribution in [0.3, 0.4) is 0 Å². The fourth-order valence-corrected chi connectivity index (χ4v) is 3.71. The third-order valence-corrected chi connectivity index (χ3v) is 4.79. The van der Waals surface area contributed by atoms with Crippen molar-refractivity contribution in [2.45, 2.75) is 6.04 Å². The van der Waals surface area contributed by atoms with E-state index in [0.717, 1.165) is 20.9 Å². The van der Waals surface area contributed by atoms with Gasteiger partial charge < -0.3 is 0 Å². The number of rotatable bonds is 3. The topological polar surface area (TPSA) is 50.9 Å². The Kier molecular flexibility index (Phi) is 3.61. The highest BCUT2D eigenvalue weighted by atomic mass is 79.9. The fraction of sp³-hybridized carbons (Fsp3) is 0.0714. The standard InChI is InChI=1S/C14H12BrN3S/c15-9-7-13(19-8-9)14(18-16)11-3-1-5-12-10(11)4-2-6-17-12/h1-8,14,18H,16H2. The monoisotopic (exact) mass is 333 g/mol. The zero-order valence-electron chi connectivity index (χ0n) is 10.0. The number of nitrogens with one attached hydrogen (secondary N) is 1. The predicted molar refractivity (Wildman–Crippen MR) is 82.9 cm³/mol. The zero-order valence-corrected chi connectivity index (χ0v) is 12.4. The van der Waals surface area contributed by atoms with Crippen molar-refractivity contribution in [3.05, 3.63) is 62.9 Å². The second kappa shape index (κ2) is 5.38. The zero-order chi connectivity index (χ0) is 13.2. The molecule has 0 saturated carbocycles. The SMILES string of the molecule is NNC(c1cc(Br)cs1)c1cccc2ncccc12. The van der Waals surface area contributed by atoms with Crippen molar-refractivity contribution in [2.24, 2.45) is 5.84 Å². The van der Waals surface area contributed by atoms with Crippen LogP contribution in [0.2, 0.25) is 0 Å². The average molecular weight is 334 g/mol. The molecule has 2 aromatic heterocycles. The molecule has 0 radical (unpaired) electrons. The summed E-state index contributed by atoms with van der Waals surface area (Å²) in [5, 5.41) is 3.18. The van der Waals surface area contributed by atoms with Gasteiger partial charge >= 0.3 is 0 Å². The van der Waals surface area contributed by atoms with Crippen molar-refractivity contribution in [3.63, 3.8) is 0 Å². The number of nitrogens with two attached hydrogens (primary N) is 1. The number of fused-ring (bicyclic) bond motifs is 1. The smallest absolute Gasteiger partial charge is 0.0809 e. The van der Waals surface area contributed by atoms with E-state index in [1.54, 1.807) is 17.5 Å². The van der Waals surface area contributed by atoms with Crippen molar-refractivity contribution >= 4 is 38.2 Å². The highest BCUT2D eigenvalue weighted by Crippen LogP contribution is 2.32. The van der Waals surface area contributed by atoms with Crippen LogP contribution in [0.4, 0.5) is 0 Å². The van der Waals surface area contributed by atoms with E-state index in [1.165, 1.54) is 4.88 Å². The van der Waals surface area contributed by atoms with E-state index in [4.69, 9.17) is 5.84 Å². The largest absolute Gasteiger partial charge is 0.271 e. The average Bonchev–Trinajstić information content (AvgIpc) is 2.86. The Morgan fingerprint density at radius 3 is 2.89 bits per heavy atom. The van der Waals surface area contributed by atoms with Crippen molar-refractivity contribution in [1.29, 1.82) is 0 Å². The normalized spacial score (nSPS) is 12.7. The quantitative estimate of drug-likeness (QED) is 0.568. The van der Waals surface area contributed by atoms with Crippen LogP contribution in [0.15, 0.2) is 52.4 Å². The Hall–Kier alpha value is -1.27. The predicted octanol–water partition coefficient (Wildman–Crippen LogP) is 3.61. The number of hydrazine groups is 1. The summed E-state index contributed by atoms with van der Waals surface area (Å²) in [5.74, 6) is 5.76. The van der Waals surface area contributed by atoms with Crippen LogP contribution in [-0.2, 0) is 0 Å². The number of aromatic nitrogens is 1. The van der Waals surface area contributed by atoms with Crippen LogP contribution in [0, 0.1) is 0 Å². The maximum absolute atomic E-state index is 5.76. The second-order valence-corrected chi connectivity index (χ2v) is 6.04. The number of nitrogens with zero attached hydrogens (tertiary/aromatic N) is 1. The van der Waals surface area contributed by atoms with Crippen LogP contribution >= 0.6 is 27.3 Å². The molecule has 0 aliphatic carbocycles. The van der Waals surface area contributed by atoms with Crippen molar-refractivity contribution in [2.75, 3.05) is 0 Å². The number of hydrogen-bond donors (Lipinski definition) is 2. The van der Waals surface area contributed by atoms with E-state index in [-0.39, 0.29) is 6.04 Å². The minimum Gasteiger partial charge on any atom is -0.271 e. The lowest BCUT2D eigenvalue weighted by Gasteiger charge is -2.16. The number of thiophene rings is 1. The number of benzene rings is 1. The van der Waals surface area contributed by atoms with Gasteiger partial charge in [-0.15, -0.1) is 11.3 Å². The van der Waals surface area contributed by atoms with Gasteiger partial charge in [0.15, 0.2) is 0 Å². The maximum Gasteiger partial charge on any atom is 0.0809 e. The van der Waals surface area contributed by atoms with Gasteiger partial charge in [-0.3, -0.25) is 10.8 Å². The molecule has 0 amide bonds. The molecule has 0 aliphatic heterocycles. The van der Waals surface area contributed by atoms with Gasteiger partial charge in [0.1, 0.15) is 0 Å². The second-order valence-electron chi connectivity index (χ2n) is 4.18. The fourth-order valence-electron chi connectivity index (χ4n) is 2.18. The first-order valence-electron chi connectivity index (χ1n) is 5.83. The summed E-state index contributed by atoms with van der Waals surface area (Å²) < 4.78 is 1.08. The Morgan fingerprint density at radius 1 is 1.26 bits per heavy atom. The molecule has 3 nitrogen and oxygen atoms in total. The van der Waals surface area contributed by atoms with Crippen LogP contribution in [0.25, 0.3) is 10.9 Å². The molecule has 1 unspecified atom stereocenters. The van der Waals surface area contributed by atoms with Gasteiger partial charge in [-0.05, 0) is 39.7 Å². The highest BCUT2D eigenvalue weighted by Gasteiger charge is 2.17. The van der Waals surface area contributed by atoms with Crippen LogP contribution in [-0.4, -0.2) is 4.98 Å². The summed E-state index contributed by atoms with van der Waals surface area (Å²) in [6.45, 7) is 0. The summed E-state index contributed by atoms with van der Waals surface area (Å²) in [6.07, 6.45) is 1.80. The summed E-state index contributed by atoms with van der Waals surface area (Å²) in [7, 11) is 0. The van der Waals surface area contributed by atoms with Crippen molar-refractivity contribution < 1.29 is 0 Å². The number of halogens is 1. The molecule has 0 bridgehead atoms. The molecule has 1 atom stereocenters. The molecule has 3 rings (SSSR count). The van der Waals surface area contributed by atoms with E-state index in [1.807, 2.05) is 18.2 Å². The molecule has 0 fully saturated rings. The molecular formula is C14H12BrN3S. The third kappa shape index (κ3) is 2.42. The van der Waals surface area contributed by atoms with Crippen LogP contribution in [0.1, 0.15) is 16.5 Å². The van der Waals surface area contributed by atoms with Crippen LogP contribution < -0.4 is 11.3 Å². The van der Waals surface area contributed by atoms with Crippen molar-refractivity contribution in [3.8, 4) is 0 Å². The Bertz CT molecular complexity index is 705. The first-order chi connectivity index (χ1) is 9.29. The molecule has 1 aromatic carbocycles. The molecule has 2 heterocycles. The molecular weight excluding hydrogens is 322 g/mol. The first kappa shape index (κ1) is 12.7. The van der Waals surface area contributed by atoms with Gasteiger partial charge in [-0.1, -0.05) is 18.2 Å². The lowest BCUT2D eigenvalue weighted by atomic mass is 10.0. The minimum atomic E-state index is -0.0239. The highest BCUT2D eigenvalue weighted by molar-refractivity contribution is 9.10. The molecule has 96 valence electrons.